The van der Waals surface area contributed by atoms with E-state index in [1.807, 2.05) is 0 Å². The predicted octanol–water partition coefficient (Wildman–Crippen LogP) is 10.6. The standard InChI is InChI=1S/C30H2F21N3/c31-16-10(17(32)23(38)13(22(16)37)28(43,44)45)4(1-52)7-8(5(2-53)11-18(33)24(39)14(29(46,47)48)25(40)19(11)34)9(7)6(3-54)12-20(35)26(41)15(30(49,50)51)27(42)21(12)36/h4,7H/b8-5-,9-6?. The highest BCUT2D eigenvalue weighted by Gasteiger charge is 2.55. The van der Waals surface area contributed by atoms with Crippen molar-refractivity contribution >= 4 is 11.1 Å². The second kappa shape index (κ2) is 13.2. The Morgan fingerprint density at radius 3 is 0.852 bits per heavy atom. The molecular weight excluding hydrogens is 801 g/mol. The molecular formula is C30H2F21N3. The van der Waals surface area contributed by atoms with E-state index >= 15 is 26.3 Å². The van der Waals surface area contributed by atoms with Gasteiger partial charge < -0.3 is 0 Å². The van der Waals surface area contributed by atoms with E-state index in [0.29, 0.717) is 18.2 Å². The van der Waals surface area contributed by atoms with Crippen LogP contribution in [0.25, 0.3) is 11.1 Å². The topological polar surface area (TPSA) is 71.4 Å². The van der Waals surface area contributed by atoms with E-state index in [1.54, 1.807) is 0 Å². The van der Waals surface area contributed by atoms with Crippen LogP contribution in [0.1, 0.15) is 39.3 Å². The van der Waals surface area contributed by atoms with Crippen molar-refractivity contribution in [3.05, 3.63) is 114 Å². The molecule has 0 bridgehead atoms. The number of allylic oxidation sites excluding steroid dienone is 4. The minimum absolute atomic E-state index is 0.621. The molecule has 0 saturated heterocycles. The van der Waals surface area contributed by atoms with Crippen LogP contribution in [-0.2, 0) is 18.5 Å². The first kappa shape index (κ1) is 40.9. The molecule has 0 spiro atoms. The van der Waals surface area contributed by atoms with Gasteiger partial charge >= 0.3 is 18.5 Å². The molecule has 284 valence electrons. The lowest BCUT2D eigenvalue weighted by atomic mass is 9.90. The van der Waals surface area contributed by atoms with Crippen LogP contribution in [-0.4, -0.2) is 0 Å². The number of benzene rings is 3. The van der Waals surface area contributed by atoms with Crippen molar-refractivity contribution in [2.75, 3.05) is 0 Å². The lowest BCUT2D eigenvalue weighted by molar-refractivity contribution is -0.144. The van der Waals surface area contributed by atoms with Gasteiger partial charge in [0, 0.05) is 11.5 Å². The highest BCUT2D eigenvalue weighted by molar-refractivity contribution is 5.98. The highest BCUT2D eigenvalue weighted by Crippen LogP contribution is 2.61. The number of halogens is 21. The molecule has 54 heavy (non-hydrogen) atoms. The van der Waals surface area contributed by atoms with Crippen LogP contribution in [0.4, 0.5) is 92.2 Å². The third-order valence-electron chi connectivity index (χ3n) is 7.55. The van der Waals surface area contributed by atoms with Crippen LogP contribution < -0.4 is 0 Å². The van der Waals surface area contributed by atoms with Gasteiger partial charge in [-0.05, 0) is 11.1 Å². The Morgan fingerprint density at radius 2 is 0.648 bits per heavy atom. The Labute approximate surface area is 282 Å². The van der Waals surface area contributed by atoms with E-state index in [2.05, 4.69) is 0 Å². The van der Waals surface area contributed by atoms with Crippen molar-refractivity contribution in [3.8, 4) is 18.2 Å². The highest BCUT2D eigenvalue weighted by atomic mass is 19.4. The van der Waals surface area contributed by atoms with Crippen molar-refractivity contribution in [1.29, 1.82) is 15.8 Å². The second-order valence-electron chi connectivity index (χ2n) is 10.4. The molecule has 1 aliphatic rings. The molecule has 0 N–H and O–H groups in total. The SMILES string of the molecule is N#CC(=C1/C(=C(/C#N)c2c(F)c(F)c(C(F)(F)F)c(F)c2F)C1C(C#N)c1c(F)c(F)c(C(F)(F)F)c(F)c1F)c1c(F)c(F)c(C(F)(F)F)c(F)c1F. The summed E-state index contributed by atoms with van der Waals surface area (Å²) in [5.74, 6) is -45.8. The molecule has 4 rings (SSSR count). The molecule has 0 aliphatic heterocycles. The van der Waals surface area contributed by atoms with Crippen molar-refractivity contribution < 1.29 is 92.2 Å². The zero-order valence-electron chi connectivity index (χ0n) is 24.4. The molecule has 1 saturated carbocycles. The maximum Gasteiger partial charge on any atom is 0.422 e. The number of hydrogen-bond acceptors (Lipinski definition) is 3. The van der Waals surface area contributed by atoms with E-state index in [1.165, 1.54) is 0 Å². The number of rotatable bonds is 4. The maximum atomic E-state index is 15.1. The Hall–Kier alpha value is -5.86. The van der Waals surface area contributed by atoms with Gasteiger partial charge in [-0.25, -0.2) is 52.7 Å². The number of nitriles is 3. The quantitative estimate of drug-likeness (QED) is 0.150. The zero-order chi connectivity index (χ0) is 41.5. The summed E-state index contributed by atoms with van der Waals surface area (Å²) in [6.07, 6.45) is -18.8. The summed E-state index contributed by atoms with van der Waals surface area (Å²) in [6, 6.07) is 1.95. The van der Waals surface area contributed by atoms with Gasteiger partial charge in [-0.2, -0.15) is 55.3 Å². The zero-order valence-corrected chi connectivity index (χ0v) is 24.4. The predicted molar refractivity (Wildman–Crippen MR) is 131 cm³/mol. The minimum Gasteiger partial charge on any atom is -0.203 e. The first-order chi connectivity index (χ1) is 24.6. The van der Waals surface area contributed by atoms with Gasteiger partial charge in [-0.3, -0.25) is 0 Å². The molecule has 2 unspecified atom stereocenters. The van der Waals surface area contributed by atoms with E-state index < -0.39 is 156 Å². The van der Waals surface area contributed by atoms with Gasteiger partial charge in [0.25, 0.3) is 0 Å². The molecule has 0 heterocycles. The lowest BCUT2D eigenvalue weighted by Gasteiger charge is -2.17. The van der Waals surface area contributed by atoms with Gasteiger partial charge in [0.1, 0.15) is 28.8 Å². The first-order valence-electron chi connectivity index (χ1n) is 13.1. The summed E-state index contributed by atoms with van der Waals surface area (Å²) in [5, 5.41) is 29.1. The van der Waals surface area contributed by atoms with Gasteiger partial charge in [0.2, 0.25) is 0 Å². The Balaban J connectivity index is 2.28. The Bertz CT molecular complexity index is 2160. The second-order valence-corrected chi connectivity index (χ2v) is 10.4. The normalized spacial score (nSPS) is 17.1. The molecule has 3 nitrogen and oxygen atoms in total. The Kier molecular flexibility index (Phi) is 10.0. The summed E-state index contributed by atoms with van der Waals surface area (Å²) < 4.78 is 296. The van der Waals surface area contributed by atoms with Crippen molar-refractivity contribution in [3.63, 3.8) is 0 Å². The molecule has 0 radical (unpaired) electrons. The summed E-state index contributed by atoms with van der Waals surface area (Å²) in [4.78, 5) is 0. The summed E-state index contributed by atoms with van der Waals surface area (Å²) in [7, 11) is 0. The fourth-order valence-corrected chi connectivity index (χ4v) is 5.33. The van der Waals surface area contributed by atoms with Gasteiger partial charge in [0.15, 0.2) is 69.8 Å². The molecule has 2 atom stereocenters. The number of alkyl halides is 9. The maximum absolute atomic E-state index is 15.1. The van der Waals surface area contributed by atoms with Crippen LogP contribution in [0.2, 0.25) is 0 Å². The van der Waals surface area contributed by atoms with Gasteiger partial charge in [-0.15, -0.1) is 0 Å². The third-order valence-corrected chi connectivity index (χ3v) is 7.55. The lowest BCUT2D eigenvalue weighted by Crippen LogP contribution is -2.19. The third kappa shape index (κ3) is 6.10. The van der Waals surface area contributed by atoms with Crippen LogP contribution in [0.5, 0.6) is 0 Å². The fourth-order valence-electron chi connectivity index (χ4n) is 5.33. The van der Waals surface area contributed by atoms with Crippen molar-refractivity contribution in [2.24, 2.45) is 5.92 Å². The van der Waals surface area contributed by atoms with Crippen LogP contribution in [0.15, 0.2) is 11.1 Å². The first-order valence-corrected chi connectivity index (χ1v) is 13.1. The molecule has 0 aromatic heterocycles. The number of hydrogen-bond donors (Lipinski definition) is 0. The molecule has 3 aromatic rings. The van der Waals surface area contributed by atoms with E-state index in [0.717, 1.165) is 0 Å². The van der Waals surface area contributed by atoms with Crippen molar-refractivity contribution in [1.82, 2.24) is 0 Å². The van der Waals surface area contributed by atoms with Crippen LogP contribution >= 0.6 is 0 Å². The van der Waals surface area contributed by atoms with Crippen LogP contribution in [0, 0.1) is 110 Å². The van der Waals surface area contributed by atoms with Crippen molar-refractivity contribution in [2.45, 2.75) is 24.4 Å². The average Bonchev–Trinajstić information content (AvgIpc) is 3.76. The van der Waals surface area contributed by atoms with Gasteiger partial charge in [0.05, 0.1) is 34.3 Å². The molecule has 3 aromatic carbocycles. The molecule has 0 amide bonds. The summed E-state index contributed by atoms with van der Waals surface area (Å²) in [5.41, 5.74) is -25.9. The summed E-state index contributed by atoms with van der Waals surface area (Å²) in [6.45, 7) is 0. The Morgan fingerprint density at radius 1 is 0.407 bits per heavy atom. The van der Waals surface area contributed by atoms with E-state index in [9.17, 15) is 81.6 Å². The molecule has 24 heteroatoms. The van der Waals surface area contributed by atoms with Crippen LogP contribution in [0.3, 0.4) is 0 Å². The monoisotopic (exact) mass is 803 g/mol. The smallest absolute Gasteiger partial charge is 0.203 e. The summed E-state index contributed by atoms with van der Waals surface area (Å²) >= 11 is 0. The largest absolute Gasteiger partial charge is 0.422 e. The average molecular weight is 803 g/mol. The van der Waals surface area contributed by atoms with Gasteiger partial charge in [-0.1, -0.05) is 0 Å². The van der Waals surface area contributed by atoms with E-state index in [4.69, 9.17) is 0 Å². The van der Waals surface area contributed by atoms with E-state index in [-0.39, 0.29) is 0 Å². The minimum atomic E-state index is -6.26. The number of nitrogens with zero attached hydrogens (tertiary/aromatic N) is 3. The molecule has 1 aliphatic carbocycles. The fraction of sp³-hybridized carbons (Fsp3) is 0.167. The molecule has 1 fully saturated rings.